The fourth-order valence-electron chi connectivity index (χ4n) is 5.73. The summed E-state index contributed by atoms with van der Waals surface area (Å²) in [6.07, 6.45) is 10.3. The van der Waals surface area contributed by atoms with Gasteiger partial charge in [-0.05, 0) is 76.3 Å². The highest BCUT2D eigenvalue weighted by atomic mass is 16.3. The molecule has 2 heteroatoms. The maximum atomic E-state index is 10.7. The van der Waals surface area contributed by atoms with Crippen molar-refractivity contribution in [3.05, 3.63) is 0 Å². The number of hydrogen-bond donors (Lipinski definition) is 1. The van der Waals surface area contributed by atoms with E-state index in [9.17, 15) is 5.11 Å². The van der Waals surface area contributed by atoms with E-state index in [0.717, 1.165) is 31.1 Å². The summed E-state index contributed by atoms with van der Waals surface area (Å²) in [5.41, 5.74) is 0.155. The van der Waals surface area contributed by atoms with Gasteiger partial charge >= 0.3 is 0 Å². The van der Waals surface area contributed by atoms with Gasteiger partial charge in [0.05, 0.1) is 5.60 Å². The fraction of sp³-hybridized carbons (Fsp3) is 1.00. The summed E-state index contributed by atoms with van der Waals surface area (Å²) in [6.45, 7) is 2.60. The smallest absolute Gasteiger partial charge is 0.0670 e. The molecule has 2 unspecified atom stereocenters. The van der Waals surface area contributed by atoms with Crippen molar-refractivity contribution in [2.75, 3.05) is 13.1 Å². The number of rotatable bonds is 1. The van der Waals surface area contributed by atoms with E-state index in [0.29, 0.717) is 5.54 Å². The molecule has 90 valence electrons. The van der Waals surface area contributed by atoms with Crippen molar-refractivity contribution < 1.29 is 5.11 Å². The first kappa shape index (κ1) is 9.90. The predicted molar refractivity (Wildman–Crippen MR) is 63.2 cm³/mol. The molecule has 16 heavy (non-hydrogen) atoms. The van der Waals surface area contributed by atoms with Gasteiger partial charge in [0.25, 0.3) is 0 Å². The SMILES string of the molecule is OC12CC3CC(C1)CC(N1CCCC1)(C3)C2. The molecule has 0 radical (unpaired) electrons. The summed E-state index contributed by atoms with van der Waals surface area (Å²) in [5.74, 6) is 1.68. The van der Waals surface area contributed by atoms with Gasteiger partial charge in [0.15, 0.2) is 0 Å². The number of hydrogen-bond acceptors (Lipinski definition) is 2. The summed E-state index contributed by atoms with van der Waals surface area (Å²) in [4.78, 5) is 2.75. The molecule has 1 aliphatic heterocycles. The van der Waals surface area contributed by atoms with Crippen molar-refractivity contribution in [1.82, 2.24) is 4.90 Å². The Labute approximate surface area is 98.0 Å². The van der Waals surface area contributed by atoms with E-state index in [1.54, 1.807) is 0 Å². The maximum absolute atomic E-state index is 10.7. The molecule has 2 nitrogen and oxygen atoms in total. The number of aliphatic hydroxyl groups is 1. The van der Waals surface area contributed by atoms with Crippen LogP contribution in [0.15, 0.2) is 0 Å². The molecule has 0 aromatic rings. The second kappa shape index (κ2) is 3.02. The van der Waals surface area contributed by atoms with Gasteiger partial charge in [-0.15, -0.1) is 0 Å². The zero-order valence-electron chi connectivity index (χ0n) is 10.1. The lowest BCUT2D eigenvalue weighted by Crippen LogP contribution is -2.64. The predicted octanol–water partition coefficient (Wildman–Crippen LogP) is 2.17. The van der Waals surface area contributed by atoms with Crippen LogP contribution in [0, 0.1) is 11.8 Å². The third-order valence-corrected chi connectivity index (χ3v) is 5.78. The van der Waals surface area contributed by atoms with Gasteiger partial charge in [-0.1, -0.05) is 0 Å². The minimum Gasteiger partial charge on any atom is -0.390 e. The molecule has 5 aliphatic rings. The van der Waals surface area contributed by atoms with Gasteiger partial charge in [0, 0.05) is 5.54 Å². The van der Waals surface area contributed by atoms with Gasteiger partial charge in [-0.25, -0.2) is 0 Å². The van der Waals surface area contributed by atoms with E-state index in [1.807, 2.05) is 0 Å². The molecular weight excluding hydrogens is 198 g/mol. The van der Waals surface area contributed by atoms with Crippen molar-refractivity contribution in [2.24, 2.45) is 11.8 Å². The van der Waals surface area contributed by atoms with Crippen molar-refractivity contribution in [3.63, 3.8) is 0 Å². The minimum atomic E-state index is -0.271. The standard InChI is InChI=1S/C14H23NO/c16-14-8-11-5-12(9-14)7-13(6-11,10-14)15-3-1-2-4-15/h11-12,16H,1-10H2. The van der Waals surface area contributed by atoms with E-state index in [-0.39, 0.29) is 5.60 Å². The first-order chi connectivity index (χ1) is 7.68. The lowest BCUT2D eigenvalue weighted by atomic mass is 9.50. The van der Waals surface area contributed by atoms with Crippen LogP contribution in [0.25, 0.3) is 0 Å². The van der Waals surface area contributed by atoms with Crippen molar-refractivity contribution in [3.8, 4) is 0 Å². The average Bonchev–Trinajstić information content (AvgIpc) is 2.65. The molecule has 0 aromatic carbocycles. The van der Waals surface area contributed by atoms with Gasteiger partial charge < -0.3 is 5.11 Å². The molecule has 2 atom stereocenters. The molecule has 1 N–H and O–H groups in total. The van der Waals surface area contributed by atoms with Crippen molar-refractivity contribution in [2.45, 2.75) is 62.5 Å². The van der Waals surface area contributed by atoms with Crippen molar-refractivity contribution in [1.29, 1.82) is 0 Å². The molecule has 1 heterocycles. The van der Waals surface area contributed by atoms with Gasteiger partial charge in [-0.2, -0.15) is 0 Å². The molecule has 5 rings (SSSR count). The molecule has 4 saturated carbocycles. The van der Waals surface area contributed by atoms with Crippen LogP contribution in [0.1, 0.15) is 51.4 Å². The molecular formula is C14H23NO. The Kier molecular flexibility index (Phi) is 1.87. The molecule has 1 saturated heterocycles. The molecule has 0 aromatic heterocycles. The Balaban J connectivity index is 1.68. The summed E-state index contributed by atoms with van der Waals surface area (Å²) in [7, 11) is 0. The van der Waals surface area contributed by atoms with E-state index in [1.165, 1.54) is 45.2 Å². The van der Waals surface area contributed by atoms with E-state index < -0.39 is 0 Å². The van der Waals surface area contributed by atoms with Crippen LogP contribution >= 0.6 is 0 Å². The zero-order valence-corrected chi connectivity index (χ0v) is 10.1. The summed E-state index contributed by atoms with van der Waals surface area (Å²) in [5, 5.41) is 10.7. The highest BCUT2D eigenvalue weighted by Crippen LogP contribution is 2.59. The highest BCUT2D eigenvalue weighted by Gasteiger charge is 2.59. The molecule has 5 fully saturated rings. The Bertz CT molecular complexity index is 294. The number of likely N-dealkylation sites (tertiary alicyclic amines) is 1. The zero-order chi connectivity index (χ0) is 10.8. The van der Waals surface area contributed by atoms with Crippen LogP contribution < -0.4 is 0 Å². The van der Waals surface area contributed by atoms with Crippen LogP contribution in [0.3, 0.4) is 0 Å². The third-order valence-electron chi connectivity index (χ3n) is 5.78. The lowest BCUT2D eigenvalue weighted by Gasteiger charge is -2.63. The largest absolute Gasteiger partial charge is 0.390 e. The average molecular weight is 221 g/mol. The topological polar surface area (TPSA) is 23.5 Å². The monoisotopic (exact) mass is 221 g/mol. The normalized spacial score (nSPS) is 56.1. The van der Waals surface area contributed by atoms with E-state index >= 15 is 0 Å². The molecule has 4 bridgehead atoms. The Morgan fingerprint density at radius 1 is 0.938 bits per heavy atom. The van der Waals surface area contributed by atoms with Crippen LogP contribution in [0.5, 0.6) is 0 Å². The highest BCUT2D eigenvalue weighted by molar-refractivity contribution is 5.13. The van der Waals surface area contributed by atoms with Crippen LogP contribution in [-0.4, -0.2) is 34.2 Å². The van der Waals surface area contributed by atoms with E-state index in [4.69, 9.17) is 0 Å². The second-order valence-electron chi connectivity index (χ2n) is 7.10. The van der Waals surface area contributed by atoms with Gasteiger partial charge in [-0.3, -0.25) is 4.90 Å². The first-order valence-electron chi connectivity index (χ1n) is 7.15. The molecule has 0 spiro atoms. The van der Waals surface area contributed by atoms with Gasteiger partial charge in [0.1, 0.15) is 0 Å². The summed E-state index contributed by atoms with van der Waals surface area (Å²) in [6, 6.07) is 0. The van der Waals surface area contributed by atoms with Crippen LogP contribution in [0.2, 0.25) is 0 Å². The van der Waals surface area contributed by atoms with Crippen molar-refractivity contribution >= 4 is 0 Å². The van der Waals surface area contributed by atoms with Crippen LogP contribution in [0.4, 0.5) is 0 Å². The number of nitrogens with zero attached hydrogens (tertiary/aromatic N) is 1. The minimum absolute atomic E-state index is 0.271. The summed E-state index contributed by atoms with van der Waals surface area (Å²) < 4.78 is 0. The lowest BCUT2D eigenvalue weighted by molar-refractivity contribution is -0.171. The fourth-order valence-corrected chi connectivity index (χ4v) is 5.73. The molecule has 4 aliphatic carbocycles. The van der Waals surface area contributed by atoms with Gasteiger partial charge in [0.2, 0.25) is 0 Å². The Morgan fingerprint density at radius 3 is 2.12 bits per heavy atom. The third kappa shape index (κ3) is 1.26. The quantitative estimate of drug-likeness (QED) is 0.733. The Hall–Kier alpha value is -0.0800. The maximum Gasteiger partial charge on any atom is 0.0670 e. The summed E-state index contributed by atoms with van der Waals surface area (Å²) >= 11 is 0. The second-order valence-corrected chi connectivity index (χ2v) is 7.10. The molecule has 0 amide bonds. The van der Waals surface area contributed by atoms with Crippen LogP contribution in [-0.2, 0) is 0 Å². The van der Waals surface area contributed by atoms with E-state index in [2.05, 4.69) is 4.90 Å². The first-order valence-corrected chi connectivity index (χ1v) is 7.15. The Morgan fingerprint density at radius 2 is 1.56 bits per heavy atom.